The van der Waals surface area contributed by atoms with Crippen molar-refractivity contribution in [3.63, 3.8) is 0 Å². The minimum atomic E-state index is -0.0948. The molecule has 0 unspecified atom stereocenters. The molecule has 2 N–H and O–H groups in total. The molecule has 0 fully saturated rings. The van der Waals surface area contributed by atoms with Crippen LogP contribution < -0.4 is 10.6 Å². The predicted molar refractivity (Wildman–Crippen MR) is 82.1 cm³/mol. The predicted octanol–water partition coefficient (Wildman–Crippen LogP) is 4.08. The van der Waals surface area contributed by atoms with Gasteiger partial charge in [0, 0.05) is 19.2 Å². The highest BCUT2D eigenvalue weighted by Crippen LogP contribution is 2.23. The number of nitrogens with one attached hydrogen (secondary N) is 2. The molecule has 1 aromatic rings. The van der Waals surface area contributed by atoms with Gasteiger partial charge in [0.2, 0.25) is 0 Å². The van der Waals surface area contributed by atoms with Crippen LogP contribution in [0.25, 0.3) is 0 Å². The number of hydrogen-bond donors (Lipinski definition) is 2. The molecule has 0 aliphatic carbocycles. The van der Waals surface area contributed by atoms with Gasteiger partial charge in [-0.05, 0) is 24.6 Å². The molecular weight excluding hydrogens is 260 g/mol. The van der Waals surface area contributed by atoms with Crippen molar-refractivity contribution >= 4 is 23.2 Å². The molecule has 0 saturated carbocycles. The number of anilines is 1. The normalized spacial score (nSPS) is 10.3. The molecule has 0 bridgehead atoms. The minimum Gasteiger partial charge on any atom is -0.384 e. The van der Waals surface area contributed by atoms with Crippen molar-refractivity contribution in [3.8, 4) is 0 Å². The van der Waals surface area contributed by atoms with Gasteiger partial charge in [0.15, 0.2) is 0 Å². The molecule has 0 aliphatic heterocycles. The fourth-order valence-corrected chi connectivity index (χ4v) is 2.08. The van der Waals surface area contributed by atoms with Gasteiger partial charge in [-0.3, -0.25) is 4.79 Å². The van der Waals surface area contributed by atoms with Gasteiger partial charge in [0.25, 0.3) is 5.91 Å². The Balaban J connectivity index is 2.46. The Morgan fingerprint density at radius 1 is 1.21 bits per heavy atom. The Hall–Kier alpha value is -1.22. The van der Waals surface area contributed by atoms with E-state index >= 15 is 0 Å². The molecule has 4 heteroatoms. The lowest BCUT2D eigenvalue weighted by molar-refractivity contribution is 0.0963. The smallest absolute Gasteiger partial charge is 0.251 e. The first-order chi connectivity index (χ1) is 9.19. The summed E-state index contributed by atoms with van der Waals surface area (Å²) >= 11 is 6.11. The van der Waals surface area contributed by atoms with E-state index in [0.717, 1.165) is 18.7 Å². The van der Waals surface area contributed by atoms with Crippen LogP contribution in [-0.2, 0) is 0 Å². The maximum Gasteiger partial charge on any atom is 0.251 e. The number of unbranched alkanes of at least 4 members (excludes halogenated alkanes) is 4. The van der Waals surface area contributed by atoms with Gasteiger partial charge in [-0.2, -0.15) is 0 Å². The summed E-state index contributed by atoms with van der Waals surface area (Å²) in [4.78, 5) is 11.5. The minimum absolute atomic E-state index is 0.0948. The number of carbonyl (C=O) groups excluding carboxylic acids is 1. The number of halogens is 1. The van der Waals surface area contributed by atoms with Crippen LogP contribution in [0.15, 0.2) is 18.2 Å². The number of benzene rings is 1. The Morgan fingerprint density at radius 2 is 1.95 bits per heavy atom. The summed E-state index contributed by atoms with van der Waals surface area (Å²) in [7, 11) is 1.62. The second-order valence-electron chi connectivity index (χ2n) is 4.61. The summed E-state index contributed by atoms with van der Waals surface area (Å²) in [5.74, 6) is -0.0948. The van der Waals surface area contributed by atoms with Gasteiger partial charge in [0.1, 0.15) is 0 Å². The number of rotatable bonds is 8. The zero-order valence-corrected chi connectivity index (χ0v) is 12.5. The third-order valence-corrected chi connectivity index (χ3v) is 3.38. The fraction of sp³-hybridized carbons (Fsp3) is 0.533. The molecule has 0 aromatic heterocycles. The van der Waals surface area contributed by atoms with Crippen molar-refractivity contribution in [2.75, 3.05) is 18.9 Å². The highest BCUT2D eigenvalue weighted by Gasteiger charge is 2.06. The maximum absolute atomic E-state index is 11.5. The topological polar surface area (TPSA) is 41.1 Å². The second-order valence-corrected chi connectivity index (χ2v) is 5.02. The highest BCUT2D eigenvalue weighted by molar-refractivity contribution is 6.33. The summed E-state index contributed by atoms with van der Waals surface area (Å²) in [5, 5.41) is 6.56. The molecule has 0 aliphatic rings. The van der Waals surface area contributed by atoms with Crippen molar-refractivity contribution in [2.45, 2.75) is 39.0 Å². The van der Waals surface area contributed by atoms with Crippen LogP contribution >= 0.6 is 11.6 Å². The second kappa shape index (κ2) is 8.81. The summed E-state index contributed by atoms with van der Waals surface area (Å²) in [6, 6.07) is 5.28. The van der Waals surface area contributed by atoms with Gasteiger partial charge in [-0.1, -0.05) is 44.2 Å². The zero-order valence-electron chi connectivity index (χ0n) is 11.8. The Morgan fingerprint density at radius 3 is 2.63 bits per heavy atom. The van der Waals surface area contributed by atoms with Crippen LogP contribution in [-0.4, -0.2) is 19.5 Å². The van der Waals surface area contributed by atoms with E-state index in [0.29, 0.717) is 10.6 Å². The van der Waals surface area contributed by atoms with Gasteiger partial charge in [-0.25, -0.2) is 0 Å². The summed E-state index contributed by atoms with van der Waals surface area (Å²) in [6.07, 6.45) is 6.19. The van der Waals surface area contributed by atoms with E-state index < -0.39 is 0 Å². The molecular formula is C15H23ClN2O. The lowest BCUT2D eigenvalue weighted by atomic mass is 10.1. The van der Waals surface area contributed by atoms with E-state index in [9.17, 15) is 4.79 Å². The van der Waals surface area contributed by atoms with E-state index in [1.54, 1.807) is 25.2 Å². The molecule has 1 aromatic carbocycles. The van der Waals surface area contributed by atoms with Gasteiger partial charge < -0.3 is 10.6 Å². The van der Waals surface area contributed by atoms with Crippen molar-refractivity contribution < 1.29 is 4.79 Å². The van der Waals surface area contributed by atoms with E-state index in [2.05, 4.69) is 17.6 Å². The Bertz CT molecular complexity index is 407. The number of carbonyl (C=O) groups is 1. The van der Waals surface area contributed by atoms with Gasteiger partial charge >= 0.3 is 0 Å². The van der Waals surface area contributed by atoms with Crippen molar-refractivity contribution in [3.05, 3.63) is 28.8 Å². The third-order valence-electron chi connectivity index (χ3n) is 3.05. The molecule has 0 heterocycles. The monoisotopic (exact) mass is 282 g/mol. The fourth-order valence-electron chi connectivity index (χ4n) is 1.90. The first kappa shape index (κ1) is 15.8. The highest BCUT2D eigenvalue weighted by atomic mass is 35.5. The van der Waals surface area contributed by atoms with Crippen LogP contribution in [0.1, 0.15) is 49.4 Å². The zero-order chi connectivity index (χ0) is 14.1. The standard InChI is InChI=1S/C15H23ClN2O/c1-3-4-5-6-7-10-18-14-11-12(15(19)17-2)8-9-13(14)16/h8-9,11,18H,3-7,10H2,1-2H3,(H,17,19). The van der Waals surface area contributed by atoms with Crippen LogP contribution in [0.5, 0.6) is 0 Å². The number of amides is 1. The van der Waals surface area contributed by atoms with E-state index in [1.807, 2.05) is 0 Å². The van der Waals surface area contributed by atoms with Crippen LogP contribution in [0, 0.1) is 0 Å². The summed E-state index contributed by atoms with van der Waals surface area (Å²) in [5.41, 5.74) is 1.46. The number of hydrogen-bond acceptors (Lipinski definition) is 2. The largest absolute Gasteiger partial charge is 0.384 e. The van der Waals surface area contributed by atoms with Crippen LogP contribution in [0.4, 0.5) is 5.69 Å². The van der Waals surface area contributed by atoms with Gasteiger partial charge in [0.05, 0.1) is 10.7 Å². The van der Waals surface area contributed by atoms with Crippen molar-refractivity contribution in [1.82, 2.24) is 5.32 Å². The van der Waals surface area contributed by atoms with Gasteiger partial charge in [-0.15, -0.1) is 0 Å². The molecule has 0 spiro atoms. The molecule has 3 nitrogen and oxygen atoms in total. The molecule has 0 atom stereocenters. The first-order valence-corrected chi connectivity index (χ1v) is 7.32. The van der Waals surface area contributed by atoms with Crippen molar-refractivity contribution in [2.24, 2.45) is 0 Å². The molecule has 1 amide bonds. The first-order valence-electron chi connectivity index (χ1n) is 6.94. The molecule has 19 heavy (non-hydrogen) atoms. The SMILES string of the molecule is CCCCCCCNc1cc(C(=O)NC)ccc1Cl. The molecule has 0 saturated heterocycles. The van der Waals surface area contributed by atoms with Crippen molar-refractivity contribution in [1.29, 1.82) is 0 Å². The lowest BCUT2D eigenvalue weighted by Gasteiger charge is -2.10. The Labute approximate surface area is 120 Å². The third kappa shape index (κ3) is 5.52. The van der Waals surface area contributed by atoms with E-state index in [-0.39, 0.29) is 5.91 Å². The van der Waals surface area contributed by atoms with E-state index in [4.69, 9.17) is 11.6 Å². The van der Waals surface area contributed by atoms with Crippen LogP contribution in [0.3, 0.4) is 0 Å². The van der Waals surface area contributed by atoms with Crippen LogP contribution in [0.2, 0.25) is 5.02 Å². The average Bonchev–Trinajstić information content (AvgIpc) is 2.43. The summed E-state index contributed by atoms with van der Waals surface area (Å²) < 4.78 is 0. The van der Waals surface area contributed by atoms with E-state index in [1.165, 1.54) is 25.7 Å². The lowest BCUT2D eigenvalue weighted by Crippen LogP contribution is -2.18. The maximum atomic E-state index is 11.5. The summed E-state index contributed by atoms with van der Waals surface area (Å²) in [6.45, 7) is 3.10. The average molecular weight is 283 g/mol. The molecule has 0 radical (unpaired) electrons. The molecule has 1 rings (SSSR count). The Kier molecular flexibility index (Phi) is 7.34. The quantitative estimate of drug-likeness (QED) is 0.705. The molecule has 106 valence electrons.